The van der Waals surface area contributed by atoms with E-state index in [1.54, 1.807) is 16.4 Å². The summed E-state index contributed by atoms with van der Waals surface area (Å²) < 4.78 is 7.45. The van der Waals surface area contributed by atoms with Crippen molar-refractivity contribution in [2.75, 3.05) is 23.0 Å². The lowest BCUT2D eigenvalue weighted by Gasteiger charge is -2.37. The Balaban J connectivity index is 1.35. The first-order valence-electron chi connectivity index (χ1n) is 10.4. The van der Waals surface area contributed by atoms with Crippen molar-refractivity contribution in [3.8, 4) is 0 Å². The molecule has 2 aliphatic heterocycles. The maximum absolute atomic E-state index is 13.5. The van der Waals surface area contributed by atoms with Gasteiger partial charge in [-0.1, -0.05) is 54.2 Å². The van der Waals surface area contributed by atoms with Crippen molar-refractivity contribution in [2.24, 2.45) is 0 Å². The highest BCUT2D eigenvalue weighted by Crippen LogP contribution is 2.43. The van der Waals surface area contributed by atoms with Crippen LogP contribution in [0.5, 0.6) is 0 Å². The molecule has 0 aliphatic carbocycles. The van der Waals surface area contributed by atoms with Crippen LogP contribution in [0.15, 0.2) is 64.6 Å². The molecule has 9 heteroatoms. The summed E-state index contributed by atoms with van der Waals surface area (Å²) >= 11 is 3.18. The number of ether oxygens (including phenoxy) is 1. The molecule has 0 bridgehead atoms. The van der Waals surface area contributed by atoms with Gasteiger partial charge in [-0.3, -0.25) is 4.79 Å². The largest absolute Gasteiger partial charge is 0.376 e. The van der Waals surface area contributed by atoms with Crippen LogP contribution < -0.4 is 4.90 Å². The summed E-state index contributed by atoms with van der Waals surface area (Å²) in [6.07, 6.45) is 2.23. The molecule has 1 aromatic heterocycles. The second kappa shape index (κ2) is 9.42. The van der Waals surface area contributed by atoms with Crippen LogP contribution in [0.25, 0.3) is 0 Å². The van der Waals surface area contributed by atoms with Gasteiger partial charge in [0.1, 0.15) is 0 Å². The Morgan fingerprint density at radius 2 is 2.00 bits per heavy atom. The van der Waals surface area contributed by atoms with Gasteiger partial charge in [-0.15, -0.1) is 16.9 Å². The summed E-state index contributed by atoms with van der Waals surface area (Å²) in [6, 6.07) is 18.4. The smallest absolute Gasteiger partial charge is 0.238 e. The van der Waals surface area contributed by atoms with Crippen LogP contribution >= 0.6 is 23.5 Å². The van der Waals surface area contributed by atoms with E-state index in [1.165, 1.54) is 11.8 Å². The van der Waals surface area contributed by atoms with Gasteiger partial charge in [-0.25, -0.2) is 4.68 Å². The third kappa shape index (κ3) is 4.49. The van der Waals surface area contributed by atoms with E-state index in [4.69, 9.17) is 4.74 Å². The number of rotatable bonds is 6. The fraction of sp³-hybridized carbons (Fsp3) is 0.364. The number of hydrogen-bond donors (Lipinski definition) is 0. The molecule has 0 saturated carbocycles. The van der Waals surface area contributed by atoms with E-state index in [9.17, 15) is 4.79 Å². The first-order chi connectivity index (χ1) is 15.3. The van der Waals surface area contributed by atoms with E-state index in [-0.39, 0.29) is 23.8 Å². The molecule has 1 fully saturated rings. The number of anilines is 1. The van der Waals surface area contributed by atoms with Crippen molar-refractivity contribution in [1.29, 1.82) is 0 Å². The molecule has 1 amide bonds. The van der Waals surface area contributed by atoms with E-state index < -0.39 is 0 Å². The predicted molar refractivity (Wildman–Crippen MR) is 121 cm³/mol. The van der Waals surface area contributed by atoms with Gasteiger partial charge in [0.15, 0.2) is 0 Å². The summed E-state index contributed by atoms with van der Waals surface area (Å²) in [7, 11) is 0. The number of fused-ring (bicyclic) bond motifs is 1. The molecule has 7 nitrogen and oxygen atoms in total. The number of amides is 1. The highest BCUT2D eigenvalue weighted by Gasteiger charge is 2.32. The summed E-state index contributed by atoms with van der Waals surface area (Å²) in [5.41, 5.74) is 2.11. The SMILES string of the molecule is O=C(CSc1nnnn1C[C@H]1CCCO1)N1c2ccccc2SC[C@H]1c1ccccc1. The minimum Gasteiger partial charge on any atom is -0.376 e. The summed E-state index contributed by atoms with van der Waals surface area (Å²) in [4.78, 5) is 16.6. The van der Waals surface area contributed by atoms with Gasteiger partial charge in [0, 0.05) is 17.3 Å². The van der Waals surface area contributed by atoms with E-state index in [0.717, 1.165) is 41.3 Å². The number of hydrogen-bond acceptors (Lipinski definition) is 7. The highest BCUT2D eigenvalue weighted by atomic mass is 32.2. The molecule has 3 heterocycles. The number of para-hydroxylation sites is 1. The van der Waals surface area contributed by atoms with Crippen molar-refractivity contribution in [2.45, 2.75) is 41.6 Å². The van der Waals surface area contributed by atoms with Gasteiger partial charge in [-0.05, 0) is 41.0 Å². The fourth-order valence-electron chi connectivity index (χ4n) is 4.01. The summed E-state index contributed by atoms with van der Waals surface area (Å²) in [5.74, 6) is 1.15. The zero-order valence-electron chi connectivity index (χ0n) is 17.0. The standard InChI is InChI=1S/C22H23N5O2S2/c28-21(15-31-22-23-24-25-26(22)13-17-9-6-12-29-17)27-18-10-4-5-11-20(18)30-14-19(27)16-7-2-1-3-8-16/h1-5,7-8,10-11,17,19H,6,9,12-15H2/t17-,19+/m1/s1. The first kappa shape index (κ1) is 20.5. The molecule has 0 unspecified atom stereocenters. The Labute approximate surface area is 189 Å². The summed E-state index contributed by atoms with van der Waals surface area (Å²) in [5, 5.41) is 12.7. The first-order valence-corrected chi connectivity index (χ1v) is 12.4. The lowest BCUT2D eigenvalue weighted by atomic mass is 10.1. The van der Waals surface area contributed by atoms with Crippen molar-refractivity contribution in [3.63, 3.8) is 0 Å². The third-order valence-corrected chi connectivity index (χ3v) is 7.59. The average molecular weight is 454 g/mol. The maximum atomic E-state index is 13.5. The van der Waals surface area contributed by atoms with Crippen LogP contribution in [0.2, 0.25) is 0 Å². The van der Waals surface area contributed by atoms with Gasteiger partial charge in [0.25, 0.3) is 0 Å². The van der Waals surface area contributed by atoms with Gasteiger partial charge in [0.2, 0.25) is 11.1 Å². The Morgan fingerprint density at radius 1 is 1.16 bits per heavy atom. The fourth-order valence-corrected chi connectivity index (χ4v) is 5.92. The number of tetrazole rings is 1. The normalized spacial score (nSPS) is 20.6. The van der Waals surface area contributed by atoms with Crippen molar-refractivity contribution in [1.82, 2.24) is 20.2 Å². The Hall–Kier alpha value is -2.36. The van der Waals surface area contributed by atoms with E-state index in [0.29, 0.717) is 11.7 Å². The van der Waals surface area contributed by atoms with E-state index in [1.807, 2.05) is 41.3 Å². The molecule has 5 rings (SSSR count). The minimum atomic E-state index is -0.00270. The monoisotopic (exact) mass is 453 g/mol. The molecular weight excluding hydrogens is 430 g/mol. The number of aromatic nitrogens is 4. The number of carbonyl (C=O) groups excluding carboxylic acids is 1. The molecule has 1 saturated heterocycles. The van der Waals surface area contributed by atoms with E-state index in [2.05, 4.69) is 33.7 Å². The second-order valence-corrected chi connectivity index (χ2v) is 9.54. The Bertz CT molecular complexity index is 1040. The zero-order valence-corrected chi connectivity index (χ0v) is 18.6. The van der Waals surface area contributed by atoms with Crippen LogP contribution in [0, 0.1) is 0 Å². The van der Waals surface area contributed by atoms with Gasteiger partial charge in [0.05, 0.1) is 30.1 Å². The molecule has 2 aliphatic rings. The topological polar surface area (TPSA) is 73.1 Å². The molecule has 0 radical (unpaired) electrons. The van der Waals surface area contributed by atoms with Crippen molar-refractivity contribution >= 4 is 35.1 Å². The Kier molecular flexibility index (Phi) is 6.24. The molecule has 160 valence electrons. The molecule has 2 aromatic carbocycles. The highest BCUT2D eigenvalue weighted by molar-refractivity contribution is 8.00. The second-order valence-electron chi connectivity index (χ2n) is 7.54. The molecule has 31 heavy (non-hydrogen) atoms. The van der Waals surface area contributed by atoms with Crippen LogP contribution in [-0.4, -0.2) is 50.3 Å². The van der Waals surface area contributed by atoms with Gasteiger partial charge >= 0.3 is 0 Å². The average Bonchev–Trinajstić information content (AvgIpc) is 3.50. The number of thioether (sulfide) groups is 2. The van der Waals surface area contributed by atoms with Crippen molar-refractivity contribution in [3.05, 3.63) is 60.2 Å². The maximum Gasteiger partial charge on any atom is 0.238 e. The molecule has 0 N–H and O–H groups in total. The summed E-state index contributed by atoms with van der Waals surface area (Å²) in [6.45, 7) is 1.42. The van der Waals surface area contributed by atoms with Gasteiger partial charge < -0.3 is 9.64 Å². The molecule has 3 aromatic rings. The van der Waals surface area contributed by atoms with Crippen LogP contribution in [0.1, 0.15) is 24.4 Å². The van der Waals surface area contributed by atoms with Crippen LogP contribution in [0.4, 0.5) is 5.69 Å². The predicted octanol–water partition coefficient (Wildman–Crippen LogP) is 3.82. The number of benzene rings is 2. The molecule has 2 atom stereocenters. The lowest BCUT2D eigenvalue weighted by molar-refractivity contribution is -0.116. The number of nitrogens with zero attached hydrogens (tertiary/aromatic N) is 5. The number of carbonyl (C=O) groups is 1. The quantitative estimate of drug-likeness (QED) is 0.525. The van der Waals surface area contributed by atoms with Crippen LogP contribution in [-0.2, 0) is 16.1 Å². The Morgan fingerprint density at radius 3 is 2.84 bits per heavy atom. The molecule has 0 spiro atoms. The van der Waals surface area contributed by atoms with E-state index >= 15 is 0 Å². The van der Waals surface area contributed by atoms with Crippen LogP contribution in [0.3, 0.4) is 0 Å². The third-order valence-electron chi connectivity index (χ3n) is 5.51. The lowest BCUT2D eigenvalue weighted by Crippen LogP contribution is -2.39. The van der Waals surface area contributed by atoms with Gasteiger partial charge in [-0.2, -0.15) is 0 Å². The zero-order chi connectivity index (χ0) is 21.0. The minimum absolute atomic E-state index is 0.00270. The molecular formula is C22H23N5O2S2. The van der Waals surface area contributed by atoms with Crippen molar-refractivity contribution < 1.29 is 9.53 Å².